The molecule has 0 radical (unpaired) electrons. The van der Waals surface area contributed by atoms with E-state index in [1.807, 2.05) is 13.0 Å². The molecular formula is C16H24N4O3. The highest BCUT2D eigenvalue weighted by Gasteiger charge is 2.10. The lowest BCUT2D eigenvalue weighted by Crippen LogP contribution is -2.42. The highest BCUT2D eigenvalue weighted by molar-refractivity contribution is 5.93. The number of nitrogens with zero attached hydrogens (tertiary/aromatic N) is 1. The summed E-state index contributed by atoms with van der Waals surface area (Å²) in [7, 11) is 0. The summed E-state index contributed by atoms with van der Waals surface area (Å²) in [6.45, 7) is 8.05. The second kappa shape index (κ2) is 8.50. The van der Waals surface area contributed by atoms with Crippen molar-refractivity contribution in [2.24, 2.45) is 0 Å². The van der Waals surface area contributed by atoms with Gasteiger partial charge in [0.1, 0.15) is 0 Å². The molecule has 1 fully saturated rings. The summed E-state index contributed by atoms with van der Waals surface area (Å²) >= 11 is 0. The number of urea groups is 1. The number of rotatable bonds is 5. The maximum absolute atomic E-state index is 12.0. The van der Waals surface area contributed by atoms with Gasteiger partial charge >= 0.3 is 6.03 Å². The van der Waals surface area contributed by atoms with Crippen LogP contribution >= 0.6 is 0 Å². The summed E-state index contributed by atoms with van der Waals surface area (Å²) in [4.78, 5) is 25.3. The summed E-state index contributed by atoms with van der Waals surface area (Å²) in [5.74, 6) is -0.144. The van der Waals surface area contributed by atoms with Crippen LogP contribution in [-0.4, -0.2) is 56.2 Å². The minimum Gasteiger partial charge on any atom is -0.379 e. The normalized spacial score (nSPS) is 15.0. The first-order chi connectivity index (χ1) is 11.0. The van der Waals surface area contributed by atoms with Gasteiger partial charge in [-0.15, -0.1) is 0 Å². The molecule has 2 rings (SSSR count). The van der Waals surface area contributed by atoms with Gasteiger partial charge in [-0.3, -0.25) is 9.69 Å². The molecule has 1 aromatic carbocycles. The Labute approximate surface area is 136 Å². The maximum atomic E-state index is 12.0. The van der Waals surface area contributed by atoms with Crippen LogP contribution in [0.5, 0.6) is 0 Å². The molecule has 0 saturated carbocycles. The number of morpholine rings is 1. The number of carbonyl (C=O) groups is 2. The van der Waals surface area contributed by atoms with Gasteiger partial charge in [-0.25, -0.2) is 4.79 Å². The Hall–Kier alpha value is -2.12. The van der Waals surface area contributed by atoms with Gasteiger partial charge in [-0.2, -0.15) is 0 Å². The van der Waals surface area contributed by atoms with Crippen molar-refractivity contribution >= 4 is 23.3 Å². The van der Waals surface area contributed by atoms with Crippen molar-refractivity contribution < 1.29 is 14.3 Å². The molecule has 0 spiro atoms. The van der Waals surface area contributed by atoms with Crippen LogP contribution < -0.4 is 16.0 Å². The number of hydrogen-bond donors (Lipinski definition) is 3. The highest BCUT2D eigenvalue weighted by Crippen LogP contribution is 2.20. The van der Waals surface area contributed by atoms with Gasteiger partial charge in [-0.05, 0) is 24.6 Å². The number of anilines is 2. The van der Waals surface area contributed by atoms with Gasteiger partial charge in [0.25, 0.3) is 0 Å². The quantitative estimate of drug-likeness (QED) is 0.766. The second-order valence-corrected chi connectivity index (χ2v) is 5.55. The van der Waals surface area contributed by atoms with E-state index in [4.69, 9.17) is 4.74 Å². The second-order valence-electron chi connectivity index (χ2n) is 5.55. The number of carbonyl (C=O) groups excluding carboxylic acids is 2. The molecule has 0 unspecified atom stereocenters. The summed E-state index contributed by atoms with van der Waals surface area (Å²) < 4.78 is 5.29. The molecule has 7 nitrogen and oxygen atoms in total. The predicted octanol–water partition coefficient (Wildman–Crippen LogP) is 1.41. The van der Waals surface area contributed by atoms with Crippen molar-refractivity contribution in [3.63, 3.8) is 0 Å². The lowest BCUT2D eigenvalue weighted by Gasteiger charge is -2.26. The van der Waals surface area contributed by atoms with Crippen LogP contribution in [0.3, 0.4) is 0 Å². The predicted molar refractivity (Wildman–Crippen MR) is 89.8 cm³/mol. The van der Waals surface area contributed by atoms with Crippen molar-refractivity contribution in [2.45, 2.75) is 13.8 Å². The molecule has 7 heteroatoms. The van der Waals surface area contributed by atoms with Crippen LogP contribution in [-0.2, 0) is 9.53 Å². The summed E-state index contributed by atoms with van der Waals surface area (Å²) in [5.41, 5.74) is 2.27. The largest absolute Gasteiger partial charge is 0.379 e. The van der Waals surface area contributed by atoms with Crippen molar-refractivity contribution in [2.75, 3.05) is 50.0 Å². The van der Waals surface area contributed by atoms with Crippen LogP contribution in [0.1, 0.15) is 12.5 Å². The lowest BCUT2D eigenvalue weighted by molar-refractivity contribution is -0.114. The Kier molecular flexibility index (Phi) is 6.37. The van der Waals surface area contributed by atoms with Crippen LogP contribution in [0.4, 0.5) is 16.2 Å². The highest BCUT2D eigenvalue weighted by atomic mass is 16.5. The Bertz CT molecular complexity index is 556. The average molecular weight is 320 g/mol. The SMILES string of the molecule is CC(=O)Nc1ccc(C)c(NC(=O)NCCN2CCOCC2)c1. The Morgan fingerprint density at radius 3 is 2.65 bits per heavy atom. The maximum Gasteiger partial charge on any atom is 0.319 e. The van der Waals surface area contributed by atoms with Crippen molar-refractivity contribution in [1.29, 1.82) is 0 Å². The zero-order chi connectivity index (χ0) is 16.7. The van der Waals surface area contributed by atoms with Gasteiger partial charge in [0.2, 0.25) is 5.91 Å². The van der Waals surface area contributed by atoms with Crippen molar-refractivity contribution in [3.8, 4) is 0 Å². The number of ether oxygens (including phenoxy) is 1. The number of benzene rings is 1. The van der Waals surface area contributed by atoms with Crippen LogP contribution in [0, 0.1) is 6.92 Å². The van der Waals surface area contributed by atoms with Gasteiger partial charge in [-0.1, -0.05) is 6.07 Å². The zero-order valence-corrected chi connectivity index (χ0v) is 13.6. The third kappa shape index (κ3) is 5.88. The first-order valence-corrected chi connectivity index (χ1v) is 7.78. The Morgan fingerprint density at radius 2 is 1.96 bits per heavy atom. The molecule has 1 aromatic rings. The van der Waals surface area contributed by atoms with Gasteiger partial charge in [0, 0.05) is 44.5 Å². The standard InChI is InChI=1S/C16H24N4O3/c1-12-3-4-14(18-13(2)21)11-15(12)19-16(22)17-5-6-20-7-9-23-10-8-20/h3-4,11H,5-10H2,1-2H3,(H,18,21)(H2,17,19,22). The molecule has 0 aliphatic carbocycles. The molecule has 23 heavy (non-hydrogen) atoms. The first-order valence-electron chi connectivity index (χ1n) is 7.78. The first kappa shape index (κ1) is 17.2. The van der Waals surface area contributed by atoms with Gasteiger partial charge in [0.15, 0.2) is 0 Å². The van der Waals surface area contributed by atoms with E-state index < -0.39 is 0 Å². The topological polar surface area (TPSA) is 82.7 Å². The number of nitrogens with one attached hydrogen (secondary N) is 3. The fourth-order valence-corrected chi connectivity index (χ4v) is 2.36. The third-order valence-electron chi connectivity index (χ3n) is 3.62. The third-order valence-corrected chi connectivity index (χ3v) is 3.62. The van der Waals surface area contributed by atoms with E-state index in [1.54, 1.807) is 12.1 Å². The summed E-state index contributed by atoms with van der Waals surface area (Å²) in [5, 5.41) is 8.37. The van der Waals surface area contributed by atoms with E-state index in [2.05, 4.69) is 20.9 Å². The minimum absolute atomic E-state index is 0.144. The van der Waals surface area contributed by atoms with E-state index in [9.17, 15) is 9.59 Å². The molecule has 126 valence electrons. The molecule has 0 bridgehead atoms. The summed E-state index contributed by atoms with van der Waals surface area (Å²) in [6.07, 6.45) is 0. The minimum atomic E-state index is -0.249. The van der Waals surface area contributed by atoms with Crippen LogP contribution in [0.25, 0.3) is 0 Å². The fraction of sp³-hybridized carbons (Fsp3) is 0.500. The fourth-order valence-electron chi connectivity index (χ4n) is 2.36. The number of amides is 3. The molecule has 0 atom stereocenters. The van der Waals surface area contributed by atoms with E-state index in [0.29, 0.717) is 17.9 Å². The Balaban J connectivity index is 1.80. The molecule has 3 amide bonds. The molecular weight excluding hydrogens is 296 g/mol. The van der Waals surface area contributed by atoms with E-state index in [1.165, 1.54) is 6.92 Å². The number of aryl methyl sites for hydroxylation is 1. The Morgan fingerprint density at radius 1 is 1.22 bits per heavy atom. The zero-order valence-electron chi connectivity index (χ0n) is 13.6. The molecule has 1 saturated heterocycles. The lowest BCUT2D eigenvalue weighted by atomic mass is 10.2. The van der Waals surface area contributed by atoms with E-state index >= 15 is 0 Å². The number of hydrogen-bond acceptors (Lipinski definition) is 4. The summed E-state index contributed by atoms with van der Waals surface area (Å²) in [6, 6.07) is 5.16. The molecule has 0 aromatic heterocycles. The molecule has 3 N–H and O–H groups in total. The van der Waals surface area contributed by atoms with Crippen molar-refractivity contribution in [3.05, 3.63) is 23.8 Å². The van der Waals surface area contributed by atoms with Gasteiger partial charge in [0.05, 0.1) is 13.2 Å². The molecule has 1 aliphatic heterocycles. The van der Waals surface area contributed by atoms with Gasteiger partial charge < -0.3 is 20.7 Å². The van der Waals surface area contributed by atoms with Crippen LogP contribution in [0.15, 0.2) is 18.2 Å². The van der Waals surface area contributed by atoms with Crippen molar-refractivity contribution in [1.82, 2.24) is 10.2 Å². The van der Waals surface area contributed by atoms with E-state index in [-0.39, 0.29) is 11.9 Å². The monoisotopic (exact) mass is 320 g/mol. The van der Waals surface area contributed by atoms with Crippen LogP contribution in [0.2, 0.25) is 0 Å². The van der Waals surface area contributed by atoms with E-state index in [0.717, 1.165) is 38.4 Å². The smallest absolute Gasteiger partial charge is 0.319 e. The molecule has 1 heterocycles. The average Bonchev–Trinajstić information content (AvgIpc) is 2.51. The molecule has 1 aliphatic rings.